The number of halogens is 1. The van der Waals surface area contributed by atoms with Gasteiger partial charge in [0.2, 0.25) is 5.91 Å². The molecule has 2 amide bonds. The van der Waals surface area contributed by atoms with E-state index in [4.69, 9.17) is 16.3 Å². The zero-order valence-electron chi connectivity index (χ0n) is 13.8. The number of piperidine rings is 1. The molecule has 2 rings (SSSR count). The molecule has 2 unspecified atom stereocenters. The molecule has 0 N–H and O–H groups in total. The van der Waals surface area contributed by atoms with Crippen molar-refractivity contribution < 1.29 is 14.3 Å². The lowest BCUT2D eigenvalue weighted by molar-refractivity contribution is -0.128. The number of rotatable bonds is 3. The molecule has 6 heteroatoms. The number of hydrogen-bond acceptors (Lipinski definition) is 3. The van der Waals surface area contributed by atoms with Gasteiger partial charge in [0.05, 0.1) is 6.04 Å². The maximum Gasteiger partial charge on any atom is 0.410 e. The highest BCUT2D eigenvalue weighted by Crippen LogP contribution is 2.25. The van der Waals surface area contributed by atoms with Crippen molar-refractivity contribution >= 4 is 23.6 Å². The van der Waals surface area contributed by atoms with Gasteiger partial charge in [-0.2, -0.15) is 0 Å². The number of ether oxygens (including phenoxy) is 1. The zero-order valence-corrected chi connectivity index (χ0v) is 14.6. The fourth-order valence-electron chi connectivity index (χ4n) is 3.14. The maximum absolute atomic E-state index is 12.4. The Kier molecular flexibility index (Phi) is 5.59. The second-order valence-electron chi connectivity index (χ2n) is 7.35. The first-order valence-corrected chi connectivity index (χ1v) is 8.67. The SMILES string of the molecule is CC(C)(C)OC(=O)N1CCCCC1CN1CC(CCl)CC1=O. The van der Waals surface area contributed by atoms with Crippen LogP contribution in [0.15, 0.2) is 0 Å². The largest absolute Gasteiger partial charge is 0.444 e. The van der Waals surface area contributed by atoms with E-state index in [-0.39, 0.29) is 24.0 Å². The van der Waals surface area contributed by atoms with Crippen LogP contribution in [0.2, 0.25) is 0 Å². The van der Waals surface area contributed by atoms with E-state index in [2.05, 4.69) is 0 Å². The van der Waals surface area contributed by atoms with Gasteiger partial charge in [-0.25, -0.2) is 4.79 Å². The third kappa shape index (κ3) is 4.51. The third-order valence-electron chi connectivity index (χ3n) is 4.20. The molecule has 0 aromatic rings. The van der Waals surface area contributed by atoms with E-state index in [1.54, 1.807) is 4.90 Å². The molecule has 2 fully saturated rings. The quantitative estimate of drug-likeness (QED) is 0.748. The van der Waals surface area contributed by atoms with Crippen LogP contribution in [0, 0.1) is 5.92 Å². The Hall–Kier alpha value is -0.970. The van der Waals surface area contributed by atoms with Crippen molar-refractivity contribution in [3.8, 4) is 0 Å². The normalized spacial score (nSPS) is 26.5. The van der Waals surface area contributed by atoms with Crippen molar-refractivity contribution in [2.24, 2.45) is 5.92 Å². The lowest BCUT2D eigenvalue weighted by Gasteiger charge is -2.38. The molecule has 22 heavy (non-hydrogen) atoms. The van der Waals surface area contributed by atoms with Gasteiger partial charge in [-0.1, -0.05) is 0 Å². The van der Waals surface area contributed by atoms with Crippen molar-refractivity contribution in [2.75, 3.05) is 25.5 Å². The van der Waals surface area contributed by atoms with Crippen LogP contribution in [0.25, 0.3) is 0 Å². The second kappa shape index (κ2) is 7.07. The molecule has 126 valence electrons. The van der Waals surface area contributed by atoms with Crippen LogP contribution in [-0.2, 0) is 9.53 Å². The molecule has 5 nitrogen and oxygen atoms in total. The number of carbonyl (C=O) groups is 2. The highest BCUT2D eigenvalue weighted by atomic mass is 35.5. The predicted octanol–water partition coefficient (Wildman–Crippen LogP) is 2.86. The number of alkyl halides is 1. The summed E-state index contributed by atoms with van der Waals surface area (Å²) in [5.74, 6) is 0.913. The van der Waals surface area contributed by atoms with Crippen molar-refractivity contribution in [1.82, 2.24) is 9.80 Å². The average molecular weight is 331 g/mol. The molecule has 0 spiro atoms. The molecule has 2 saturated heterocycles. The molecular formula is C16H27ClN2O3. The molecule has 0 saturated carbocycles. The Labute approximate surface area is 137 Å². The number of nitrogens with zero attached hydrogens (tertiary/aromatic N) is 2. The molecule has 0 radical (unpaired) electrons. The van der Waals surface area contributed by atoms with Gasteiger partial charge in [0.1, 0.15) is 5.60 Å². The van der Waals surface area contributed by atoms with Crippen molar-refractivity contribution in [3.63, 3.8) is 0 Å². The zero-order chi connectivity index (χ0) is 16.3. The first-order valence-electron chi connectivity index (χ1n) is 8.13. The van der Waals surface area contributed by atoms with Crippen LogP contribution in [0.5, 0.6) is 0 Å². The Morgan fingerprint density at radius 1 is 1.36 bits per heavy atom. The first-order chi connectivity index (χ1) is 10.3. The summed E-state index contributed by atoms with van der Waals surface area (Å²) < 4.78 is 5.50. The summed E-state index contributed by atoms with van der Waals surface area (Å²) in [6.45, 7) is 7.64. The molecule has 0 bridgehead atoms. The predicted molar refractivity (Wildman–Crippen MR) is 86.0 cm³/mol. The topological polar surface area (TPSA) is 49.9 Å². The van der Waals surface area contributed by atoms with E-state index in [0.29, 0.717) is 31.9 Å². The average Bonchev–Trinajstić information content (AvgIpc) is 2.78. The van der Waals surface area contributed by atoms with Crippen LogP contribution < -0.4 is 0 Å². The summed E-state index contributed by atoms with van der Waals surface area (Å²) in [5.41, 5.74) is -0.494. The van der Waals surface area contributed by atoms with Gasteiger partial charge in [0, 0.05) is 31.9 Å². The summed E-state index contributed by atoms with van der Waals surface area (Å²) in [6.07, 6.45) is 3.27. The van der Waals surface area contributed by atoms with Crippen LogP contribution in [0.4, 0.5) is 4.79 Å². The molecule has 0 aromatic heterocycles. The van der Waals surface area contributed by atoms with E-state index >= 15 is 0 Å². The van der Waals surface area contributed by atoms with E-state index in [0.717, 1.165) is 19.3 Å². The lowest BCUT2D eigenvalue weighted by Crippen LogP contribution is -2.51. The van der Waals surface area contributed by atoms with E-state index < -0.39 is 5.60 Å². The Morgan fingerprint density at radius 3 is 2.68 bits per heavy atom. The van der Waals surface area contributed by atoms with Crippen molar-refractivity contribution in [1.29, 1.82) is 0 Å². The molecule has 0 aliphatic carbocycles. The fraction of sp³-hybridized carbons (Fsp3) is 0.875. The highest BCUT2D eigenvalue weighted by Gasteiger charge is 2.35. The highest BCUT2D eigenvalue weighted by molar-refractivity contribution is 6.18. The maximum atomic E-state index is 12.4. The molecule has 2 aliphatic heterocycles. The third-order valence-corrected chi connectivity index (χ3v) is 4.64. The van der Waals surface area contributed by atoms with Gasteiger partial charge < -0.3 is 14.5 Å². The number of carbonyl (C=O) groups excluding carboxylic acids is 2. The van der Waals surface area contributed by atoms with Gasteiger partial charge >= 0.3 is 6.09 Å². The summed E-state index contributed by atoms with van der Waals surface area (Å²) >= 11 is 5.87. The van der Waals surface area contributed by atoms with Gasteiger partial charge in [0.25, 0.3) is 0 Å². The molecule has 2 atom stereocenters. The summed E-state index contributed by atoms with van der Waals surface area (Å²) in [7, 11) is 0. The number of hydrogen-bond donors (Lipinski definition) is 0. The smallest absolute Gasteiger partial charge is 0.410 e. The first kappa shape index (κ1) is 17.4. The standard InChI is InChI=1S/C16H27ClN2O3/c1-16(2,3)22-15(21)19-7-5-4-6-13(19)11-18-10-12(9-17)8-14(18)20/h12-13H,4-11H2,1-3H3. The van der Waals surface area contributed by atoms with Crippen molar-refractivity contribution in [3.05, 3.63) is 0 Å². The molecular weight excluding hydrogens is 304 g/mol. The minimum Gasteiger partial charge on any atom is -0.444 e. The van der Waals surface area contributed by atoms with E-state index in [1.165, 1.54) is 0 Å². The fourth-order valence-corrected chi connectivity index (χ4v) is 3.35. The Morgan fingerprint density at radius 2 is 2.09 bits per heavy atom. The number of likely N-dealkylation sites (tertiary alicyclic amines) is 2. The molecule has 0 aromatic carbocycles. The minimum atomic E-state index is -0.494. The monoisotopic (exact) mass is 330 g/mol. The number of amides is 2. The lowest BCUT2D eigenvalue weighted by atomic mass is 10.0. The Balaban J connectivity index is 1.98. The van der Waals surface area contributed by atoms with Crippen LogP contribution >= 0.6 is 11.6 Å². The summed E-state index contributed by atoms with van der Waals surface area (Å²) in [5, 5.41) is 0. The van der Waals surface area contributed by atoms with Gasteiger partial charge in [-0.3, -0.25) is 4.79 Å². The van der Waals surface area contributed by atoms with E-state index in [1.807, 2.05) is 25.7 Å². The minimum absolute atomic E-state index is 0.0571. The molecule has 2 aliphatic rings. The van der Waals surface area contributed by atoms with Crippen molar-refractivity contribution in [2.45, 2.75) is 58.1 Å². The van der Waals surface area contributed by atoms with Crippen LogP contribution in [0.1, 0.15) is 46.5 Å². The second-order valence-corrected chi connectivity index (χ2v) is 7.66. The van der Waals surface area contributed by atoms with E-state index in [9.17, 15) is 9.59 Å². The van der Waals surface area contributed by atoms with Gasteiger partial charge in [-0.15, -0.1) is 11.6 Å². The van der Waals surface area contributed by atoms with Gasteiger partial charge in [-0.05, 0) is 46.0 Å². The summed E-state index contributed by atoms with van der Waals surface area (Å²) in [4.78, 5) is 28.1. The van der Waals surface area contributed by atoms with Gasteiger partial charge in [0.15, 0.2) is 0 Å². The Bertz CT molecular complexity index is 422. The summed E-state index contributed by atoms with van der Waals surface area (Å²) in [6, 6.07) is 0.0571. The van der Waals surface area contributed by atoms with Crippen LogP contribution in [0.3, 0.4) is 0 Å². The molecule has 2 heterocycles. The van der Waals surface area contributed by atoms with Crippen LogP contribution in [-0.4, -0.2) is 59.0 Å².